The second-order valence-corrected chi connectivity index (χ2v) is 13.6. The molecule has 1 unspecified atom stereocenters. The van der Waals surface area contributed by atoms with Gasteiger partial charge in [0, 0.05) is 13.0 Å². The molecule has 2 N–H and O–H groups in total. The molecule has 4 nitrogen and oxygen atoms in total. The summed E-state index contributed by atoms with van der Waals surface area (Å²) in [5.41, 5.74) is 0.828. The Balaban J connectivity index is 2.44. The fraction of sp³-hybridized carbons (Fsp3) is 0.462. The summed E-state index contributed by atoms with van der Waals surface area (Å²) in [6, 6.07) is 20.9. The van der Waals surface area contributed by atoms with Crippen LogP contribution in [0.2, 0.25) is 5.04 Å². The third-order valence-electron chi connectivity index (χ3n) is 5.90. The summed E-state index contributed by atoms with van der Waals surface area (Å²) >= 11 is 0. The van der Waals surface area contributed by atoms with Crippen molar-refractivity contribution in [2.24, 2.45) is 5.92 Å². The predicted octanol–water partition coefficient (Wildman–Crippen LogP) is 3.51. The van der Waals surface area contributed by atoms with Gasteiger partial charge in [0.25, 0.3) is 8.32 Å². The van der Waals surface area contributed by atoms with Crippen molar-refractivity contribution in [1.82, 2.24) is 0 Å². The topological polar surface area (TPSA) is 58.9 Å². The highest BCUT2D eigenvalue weighted by Crippen LogP contribution is 2.37. The first-order valence-electron chi connectivity index (χ1n) is 10.9. The van der Waals surface area contributed by atoms with Gasteiger partial charge in [-0.15, -0.1) is 0 Å². The van der Waals surface area contributed by atoms with Crippen LogP contribution in [-0.2, 0) is 9.16 Å². The van der Waals surface area contributed by atoms with E-state index in [1.165, 1.54) is 10.4 Å². The molecule has 0 aliphatic rings. The average Bonchev–Trinajstić information content (AvgIpc) is 2.76. The molecule has 0 heterocycles. The molecule has 0 aliphatic heterocycles. The Morgan fingerprint density at radius 1 is 1.00 bits per heavy atom. The van der Waals surface area contributed by atoms with E-state index in [9.17, 15) is 10.2 Å². The van der Waals surface area contributed by atoms with Crippen molar-refractivity contribution in [3.05, 3.63) is 72.3 Å². The molecule has 3 atom stereocenters. The smallest absolute Gasteiger partial charge is 0.261 e. The summed E-state index contributed by atoms with van der Waals surface area (Å²) in [6.07, 6.45) is 0.656. The zero-order chi connectivity index (χ0) is 23.1. The van der Waals surface area contributed by atoms with E-state index in [0.717, 1.165) is 5.57 Å². The van der Waals surface area contributed by atoms with Crippen molar-refractivity contribution < 1.29 is 19.4 Å². The largest absolute Gasteiger partial charge is 0.405 e. The maximum absolute atomic E-state index is 10.9. The van der Waals surface area contributed by atoms with Crippen LogP contribution in [-0.4, -0.2) is 51.1 Å². The maximum Gasteiger partial charge on any atom is 0.261 e. The lowest BCUT2D eigenvalue weighted by Crippen LogP contribution is -2.67. The Kier molecular flexibility index (Phi) is 9.22. The summed E-state index contributed by atoms with van der Waals surface area (Å²) in [6.45, 7) is 10.7. The van der Waals surface area contributed by atoms with E-state index in [4.69, 9.17) is 9.16 Å². The van der Waals surface area contributed by atoms with Crippen LogP contribution in [0.15, 0.2) is 72.3 Å². The van der Waals surface area contributed by atoms with Crippen LogP contribution in [0.5, 0.6) is 0 Å². The van der Waals surface area contributed by atoms with Crippen molar-refractivity contribution >= 4 is 18.7 Å². The maximum atomic E-state index is 10.9. The quantitative estimate of drug-likeness (QED) is 0.437. The molecule has 5 heteroatoms. The molecule has 0 radical (unpaired) electrons. The first kappa shape index (κ1) is 25.5. The third-order valence-corrected chi connectivity index (χ3v) is 10.9. The molecule has 2 aromatic carbocycles. The highest BCUT2D eigenvalue weighted by atomic mass is 28.4. The zero-order valence-corrected chi connectivity index (χ0v) is 20.7. The SMILES string of the molecule is COC(CO[Si](c1ccccc1)(c1ccccc1)C(C)(C)C)[C@@H](O)[C@H](C)/C=C(/C)CO. The van der Waals surface area contributed by atoms with E-state index < -0.39 is 20.5 Å². The molecule has 31 heavy (non-hydrogen) atoms. The minimum atomic E-state index is -2.69. The van der Waals surface area contributed by atoms with Gasteiger partial charge in [-0.05, 0) is 22.3 Å². The van der Waals surface area contributed by atoms with Gasteiger partial charge in [-0.2, -0.15) is 0 Å². The van der Waals surface area contributed by atoms with Crippen LogP contribution in [0.4, 0.5) is 0 Å². The Morgan fingerprint density at radius 2 is 1.48 bits per heavy atom. The molecule has 0 saturated carbocycles. The van der Waals surface area contributed by atoms with E-state index in [1.54, 1.807) is 7.11 Å². The van der Waals surface area contributed by atoms with Crippen LogP contribution < -0.4 is 10.4 Å². The van der Waals surface area contributed by atoms with Gasteiger partial charge in [0.1, 0.15) is 6.10 Å². The lowest BCUT2D eigenvalue weighted by molar-refractivity contribution is -0.0514. The number of hydrogen-bond donors (Lipinski definition) is 2. The third kappa shape index (κ3) is 5.93. The predicted molar refractivity (Wildman–Crippen MR) is 130 cm³/mol. The fourth-order valence-corrected chi connectivity index (χ4v) is 8.78. The van der Waals surface area contributed by atoms with Crippen LogP contribution in [0, 0.1) is 5.92 Å². The lowest BCUT2D eigenvalue weighted by Gasteiger charge is -2.44. The molecule has 0 aromatic heterocycles. The molecular weight excluding hydrogens is 404 g/mol. The standard InChI is InChI=1S/C26H38O4Si/c1-20(18-27)17-21(2)25(28)24(29-6)19-30-31(26(3,4)5,22-13-9-7-10-14-22)23-15-11-8-12-16-23/h7-17,21,24-25,27-28H,18-19H2,1-6H3/b20-17-/t21-,24?,25+/m1/s1. The lowest BCUT2D eigenvalue weighted by atomic mass is 9.98. The minimum absolute atomic E-state index is 0.0206. The van der Waals surface area contributed by atoms with Gasteiger partial charge >= 0.3 is 0 Å². The van der Waals surface area contributed by atoms with Gasteiger partial charge < -0.3 is 19.4 Å². The molecule has 0 amide bonds. The molecule has 0 fully saturated rings. The molecule has 2 aromatic rings. The average molecular weight is 443 g/mol. The first-order chi connectivity index (χ1) is 14.7. The van der Waals surface area contributed by atoms with Gasteiger partial charge in [0.05, 0.1) is 19.3 Å². The summed E-state index contributed by atoms with van der Waals surface area (Å²) in [5.74, 6) is -0.167. The van der Waals surface area contributed by atoms with Gasteiger partial charge in [0.2, 0.25) is 0 Å². The second kappa shape index (κ2) is 11.2. The highest BCUT2D eigenvalue weighted by molar-refractivity contribution is 6.99. The van der Waals surface area contributed by atoms with Gasteiger partial charge in [-0.25, -0.2) is 0 Å². The van der Waals surface area contributed by atoms with Gasteiger partial charge in [0.15, 0.2) is 0 Å². The van der Waals surface area contributed by atoms with Crippen LogP contribution >= 0.6 is 0 Å². The van der Waals surface area contributed by atoms with Crippen molar-refractivity contribution in [2.75, 3.05) is 20.3 Å². The first-order valence-corrected chi connectivity index (χ1v) is 12.8. The Bertz CT molecular complexity index is 775. The number of benzene rings is 2. The number of aliphatic hydroxyl groups excluding tert-OH is 2. The van der Waals surface area contributed by atoms with E-state index in [1.807, 2.05) is 32.1 Å². The molecule has 0 saturated heterocycles. The number of methoxy groups -OCH3 is 1. The zero-order valence-electron chi connectivity index (χ0n) is 19.7. The Hall–Kier alpha value is -1.76. The van der Waals surface area contributed by atoms with E-state index in [0.29, 0.717) is 0 Å². The van der Waals surface area contributed by atoms with Crippen molar-refractivity contribution in [1.29, 1.82) is 0 Å². The van der Waals surface area contributed by atoms with E-state index >= 15 is 0 Å². The monoisotopic (exact) mass is 442 g/mol. The number of rotatable bonds is 10. The molecule has 0 bridgehead atoms. The summed E-state index contributed by atoms with van der Waals surface area (Å²) in [7, 11) is -1.09. The Morgan fingerprint density at radius 3 is 1.87 bits per heavy atom. The van der Waals surface area contributed by atoms with Crippen LogP contribution in [0.25, 0.3) is 0 Å². The number of hydrogen-bond acceptors (Lipinski definition) is 4. The summed E-state index contributed by atoms with van der Waals surface area (Å²) < 4.78 is 12.6. The molecule has 0 aliphatic carbocycles. The van der Waals surface area contributed by atoms with Crippen molar-refractivity contribution in [3.63, 3.8) is 0 Å². The van der Waals surface area contributed by atoms with Crippen LogP contribution in [0.1, 0.15) is 34.6 Å². The second-order valence-electron chi connectivity index (χ2n) is 9.27. The number of aliphatic hydroxyl groups is 2. The highest BCUT2D eigenvalue weighted by Gasteiger charge is 2.50. The molecule has 170 valence electrons. The van der Waals surface area contributed by atoms with Gasteiger partial charge in [-0.3, -0.25) is 0 Å². The summed E-state index contributed by atoms with van der Waals surface area (Å²) in [5, 5.41) is 22.5. The van der Waals surface area contributed by atoms with E-state index in [-0.39, 0.29) is 24.2 Å². The van der Waals surface area contributed by atoms with Crippen molar-refractivity contribution in [2.45, 2.75) is 51.9 Å². The van der Waals surface area contributed by atoms with Crippen LogP contribution in [0.3, 0.4) is 0 Å². The normalized spacial score (nSPS) is 16.1. The minimum Gasteiger partial charge on any atom is -0.405 e. The van der Waals surface area contributed by atoms with Crippen molar-refractivity contribution in [3.8, 4) is 0 Å². The molecule has 0 spiro atoms. The molecular formula is C26H38O4Si. The number of ether oxygens (including phenoxy) is 1. The Labute approximate surface area is 188 Å². The summed E-state index contributed by atoms with van der Waals surface area (Å²) in [4.78, 5) is 0. The van der Waals surface area contributed by atoms with Gasteiger partial charge in [-0.1, -0.05) is 100 Å². The molecule has 2 rings (SSSR count). The fourth-order valence-electron chi connectivity index (χ4n) is 4.21. The van der Waals surface area contributed by atoms with E-state index in [2.05, 4.69) is 69.3 Å².